The lowest BCUT2D eigenvalue weighted by Crippen LogP contribution is -2.09. The summed E-state index contributed by atoms with van der Waals surface area (Å²) >= 11 is 0. The van der Waals surface area contributed by atoms with E-state index in [0.717, 1.165) is 11.1 Å². The number of aromatic nitrogens is 3. The number of fused-ring (bicyclic) bond motifs is 1. The molecule has 2 aromatic heterocycles. The Morgan fingerprint density at radius 1 is 1.31 bits per heavy atom. The van der Waals surface area contributed by atoms with Gasteiger partial charge >= 0.3 is 0 Å². The van der Waals surface area contributed by atoms with Gasteiger partial charge in [-0.05, 0) is 26.0 Å². The summed E-state index contributed by atoms with van der Waals surface area (Å²) in [5.74, 6) is 0. The largest absolute Gasteiger partial charge is 0.347 e. The Bertz CT molecular complexity index is 449. The van der Waals surface area contributed by atoms with Gasteiger partial charge in [-0.2, -0.15) is 5.10 Å². The first kappa shape index (κ1) is 11.0. The quantitative estimate of drug-likeness (QED) is 0.785. The van der Waals surface area contributed by atoms with Gasteiger partial charge in [0.25, 0.3) is 0 Å². The Morgan fingerprint density at radius 2 is 2.06 bits per heavy atom. The fourth-order valence-corrected chi connectivity index (χ4v) is 1.57. The number of rotatable bonds is 5. The highest BCUT2D eigenvalue weighted by Gasteiger charge is 2.17. The molecule has 0 unspecified atom stereocenters. The molecular formula is C11H15N3O2. The summed E-state index contributed by atoms with van der Waals surface area (Å²) in [6.07, 6.45) is 1.31. The van der Waals surface area contributed by atoms with Crippen molar-refractivity contribution in [2.75, 3.05) is 13.2 Å². The van der Waals surface area contributed by atoms with Crippen molar-refractivity contribution >= 4 is 11.0 Å². The lowest BCUT2D eigenvalue weighted by Gasteiger charge is -2.15. The molecule has 0 aliphatic rings. The van der Waals surface area contributed by atoms with E-state index < -0.39 is 6.29 Å². The van der Waals surface area contributed by atoms with Crippen molar-refractivity contribution in [3.8, 4) is 0 Å². The zero-order valence-electron chi connectivity index (χ0n) is 9.43. The molecule has 2 heterocycles. The monoisotopic (exact) mass is 221 g/mol. The van der Waals surface area contributed by atoms with Crippen LogP contribution in [0.5, 0.6) is 0 Å². The lowest BCUT2D eigenvalue weighted by molar-refractivity contribution is -0.141. The molecule has 0 saturated heterocycles. The van der Waals surface area contributed by atoms with Crippen LogP contribution in [0.3, 0.4) is 0 Å². The smallest absolute Gasteiger partial charge is 0.201 e. The van der Waals surface area contributed by atoms with Gasteiger partial charge in [0.1, 0.15) is 5.69 Å². The second-order valence-electron chi connectivity index (χ2n) is 3.25. The van der Waals surface area contributed by atoms with Crippen molar-refractivity contribution in [1.82, 2.24) is 15.2 Å². The predicted molar refractivity (Wildman–Crippen MR) is 59.9 cm³/mol. The molecule has 2 rings (SSSR count). The average Bonchev–Trinajstić information content (AvgIpc) is 2.72. The van der Waals surface area contributed by atoms with Crippen LogP contribution in [0.2, 0.25) is 0 Å². The average molecular weight is 221 g/mol. The van der Waals surface area contributed by atoms with E-state index in [0.29, 0.717) is 18.9 Å². The van der Waals surface area contributed by atoms with E-state index in [9.17, 15) is 0 Å². The molecular weight excluding hydrogens is 206 g/mol. The zero-order chi connectivity index (χ0) is 11.4. The van der Waals surface area contributed by atoms with Gasteiger partial charge in [0, 0.05) is 24.8 Å². The number of nitrogens with zero attached hydrogens (tertiary/aromatic N) is 2. The van der Waals surface area contributed by atoms with Gasteiger partial charge in [-0.25, -0.2) is 4.98 Å². The fraction of sp³-hybridized carbons (Fsp3) is 0.455. The van der Waals surface area contributed by atoms with Crippen LogP contribution in [0.25, 0.3) is 11.0 Å². The molecule has 5 nitrogen and oxygen atoms in total. The van der Waals surface area contributed by atoms with E-state index in [4.69, 9.17) is 9.47 Å². The number of aromatic amines is 1. The van der Waals surface area contributed by atoms with Crippen LogP contribution in [0.4, 0.5) is 0 Å². The molecule has 86 valence electrons. The number of hydrogen-bond acceptors (Lipinski definition) is 4. The van der Waals surface area contributed by atoms with E-state index in [1.807, 2.05) is 26.0 Å². The normalized spacial score (nSPS) is 11.4. The Kier molecular flexibility index (Phi) is 3.48. The molecule has 0 spiro atoms. The summed E-state index contributed by atoms with van der Waals surface area (Å²) in [7, 11) is 0. The van der Waals surface area contributed by atoms with Crippen LogP contribution in [-0.2, 0) is 9.47 Å². The number of hydrogen-bond donors (Lipinski definition) is 1. The molecule has 1 N–H and O–H groups in total. The second-order valence-corrected chi connectivity index (χ2v) is 3.25. The zero-order valence-corrected chi connectivity index (χ0v) is 9.43. The topological polar surface area (TPSA) is 60.0 Å². The molecule has 0 bridgehead atoms. The maximum atomic E-state index is 5.51. The van der Waals surface area contributed by atoms with Crippen LogP contribution in [0.15, 0.2) is 18.3 Å². The molecule has 0 amide bonds. The van der Waals surface area contributed by atoms with Crippen LogP contribution in [-0.4, -0.2) is 28.4 Å². The van der Waals surface area contributed by atoms with Crippen molar-refractivity contribution in [1.29, 1.82) is 0 Å². The van der Waals surface area contributed by atoms with Gasteiger partial charge in [-0.15, -0.1) is 0 Å². The number of pyridine rings is 1. The summed E-state index contributed by atoms with van der Waals surface area (Å²) in [5, 5.41) is 7.97. The Hall–Kier alpha value is -1.46. The van der Waals surface area contributed by atoms with Gasteiger partial charge in [0.15, 0.2) is 5.65 Å². The molecule has 0 radical (unpaired) electrons. The highest BCUT2D eigenvalue weighted by molar-refractivity contribution is 5.77. The van der Waals surface area contributed by atoms with Crippen LogP contribution >= 0.6 is 0 Å². The SMILES string of the molecule is CCOC(OCC)c1[nH]nc2ncccc12. The first-order chi connectivity index (χ1) is 7.86. The van der Waals surface area contributed by atoms with E-state index in [1.165, 1.54) is 0 Å². The van der Waals surface area contributed by atoms with Crippen molar-refractivity contribution in [2.24, 2.45) is 0 Å². The van der Waals surface area contributed by atoms with E-state index in [1.54, 1.807) is 6.20 Å². The standard InChI is InChI=1S/C11H15N3O2/c1-3-15-11(16-4-2)9-8-6-5-7-12-10(8)14-13-9/h5-7,11H,3-4H2,1-2H3,(H,12,13,14). The minimum atomic E-state index is -0.399. The van der Waals surface area contributed by atoms with Gasteiger partial charge in [0.2, 0.25) is 6.29 Å². The minimum absolute atomic E-state index is 0.399. The molecule has 0 saturated carbocycles. The summed E-state index contributed by atoms with van der Waals surface area (Å²) in [5.41, 5.74) is 1.51. The Labute approximate surface area is 93.8 Å². The van der Waals surface area contributed by atoms with Crippen molar-refractivity contribution in [2.45, 2.75) is 20.1 Å². The van der Waals surface area contributed by atoms with Crippen molar-refractivity contribution < 1.29 is 9.47 Å². The van der Waals surface area contributed by atoms with E-state index in [2.05, 4.69) is 15.2 Å². The van der Waals surface area contributed by atoms with Gasteiger partial charge in [0.05, 0.1) is 0 Å². The van der Waals surface area contributed by atoms with Crippen LogP contribution in [0, 0.1) is 0 Å². The van der Waals surface area contributed by atoms with E-state index >= 15 is 0 Å². The first-order valence-electron chi connectivity index (χ1n) is 5.39. The van der Waals surface area contributed by atoms with Crippen molar-refractivity contribution in [3.05, 3.63) is 24.0 Å². The first-order valence-corrected chi connectivity index (χ1v) is 5.39. The molecule has 0 aliphatic carbocycles. The van der Waals surface area contributed by atoms with Gasteiger partial charge < -0.3 is 9.47 Å². The molecule has 0 fully saturated rings. The van der Waals surface area contributed by atoms with Crippen molar-refractivity contribution in [3.63, 3.8) is 0 Å². The third-order valence-corrected chi connectivity index (χ3v) is 2.23. The van der Waals surface area contributed by atoms with Gasteiger partial charge in [-0.1, -0.05) is 0 Å². The fourth-order valence-electron chi connectivity index (χ4n) is 1.57. The lowest BCUT2D eigenvalue weighted by atomic mass is 10.2. The Balaban J connectivity index is 2.36. The number of nitrogens with one attached hydrogen (secondary N) is 1. The highest BCUT2D eigenvalue weighted by Crippen LogP contribution is 2.23. The molecule has 0 aromatic carbocycles. The summed E-state index contributed by atoms with van der Waals surface area (Å²) < 4.78 is 11.0. The maximum Gasteiger partial charge on any atom is 0.201 e. The summed E-state index contributed by atoms with van der Waals surface area (Å²) in [6, 6.07) is 3.82. The number of H-pyrrole nitrogens is 1. The summed E-state index contributed by atoms with van der Waals surface area (Å²) in [4.78, 5) is 4.15. The molecule has 5 heteroatoms. The Morgan fingerprint density at radius 3 is 2.75 bits per heavy atom. The predicted octanol–water partition coefficient (Wildman–Crippen LogP) is 2.03. The second kappa shape index (κ2) is 5.05. The van der Waals surface area contributed by atoms with Crippen LogP contribution < -0.4 is 0 Å². The summed E-state index contributed by atoms with van der Waals surface area (Å²) in [6.45, 7) is 5.04. The molecule has 0 atom stereocenters. The third kappa shape index (κ3) is 2.05. The number of ether oxygens (including phenoxy) is 2. The molecule has 0 aliphatic heterocycles. The molecule has 16 heavy (non-hydrogen) atoms. The molecule has 2 aromatic rings. The van der Waals surface area contributed by atoms with Crippen LogP contribution in [0.1, 0.15) is 25.8 Å². The van der Waals surface area contributed by atoms with E-state index in [-0.39, 0.29) is 0 Å². The maximum absolute atomic E-state index is 5.51. The minimum Gasteiger partial charge on any atom is -0.347 e. The highest BCUT2D eigenvalue weighted by atomic mass is 16.7. The third-order valence-electron chi connectivity index (χ3n) is 2.23. The van der Waals surface area contributed by atoms with Gasteiger partial charge in [-0.3, -0.25) is 5.10 Å².